The fourth-order valence-electron chi connectivity index (χ4n) is 13.6. The summed E-state index contributed by atoms with van der Waals surface area (Å²) in [6.07, 6.45) is 26.9. The highest BCUT2D eigenvalue weighted by atomic mass is 35.5. The van der Waals surface area contributed by atoms with E-state index >= 15 is 0 Å². The smallest absolute Gasteiger partial charge is 0.121 e. The van der Waals surface area contributed by atoms with Gasteiger partial charge in [0.2, 0.25) is 0 Å². The van der Waals surface area contributed by atoms with E-state index in [-0.39, 0.29) is 11.2 Å². The van der Waals surface area contributed by atoms with Crippen LogP contribution in [0.1, 0.15) is 271 Å². The van der Waals surface area contributed by atoms with Gasteiger partial charge in [-0.05, 0) is 405 Å². The van der Waals surface area contributed by atoms with Crippen LogP contribution in [0.15, 0.2) is 328 Å². The fourth-order valence-corrected chi connectivity index (χ4v) is 13.7. The van der Waals surface area contributed by atoms with Crippen LogP contribution in [-0.2, 0) is 37.5 Å². The van der Waals surface area contributed by atoms with Gasteiger partial charge in [-0.1, -0.05) is 351 Å². The lowest BCUT2D eigenvalue weighted by molar-refractivity contribution is 0.466. The summed E-state index contributed by atoms with van der Waals surface area (Å²) in [4.78, 5) is 0. The zero-order valence-electron chi connectivity index (χ0n) is 94.0. The number of rotatable bonds is 22. The zero-order valence-corrected chi connectivity index (χ0v) is 94.8. The van der Waals surface area contributed by atoms with Crippen molar-refractivity contribution in [2.45, 2.75) is 293 Å². The van der Waals surface area contributed by atoms with Crippen molar-refractivity contribution in [3.8, 4) is 91.6 Å². The Morgan fingerprint density at radius 3 is 0.913 bits per heavy atom. The third-order valence-electron chi connectivity index (χ3n) is 23.8. The molecule has 0 fully saturated rings. The maximum atomic E-state index is 9.24. The number of para-hydroxylation sites is 2. The molecular weight excluding hydrogens is 1880 g/mol. The SMILES string of the molecule is CCC(C)(C)c1ccc(O)cc1.CCCCCCc1ccc(O)cc1.CCCCCc1ccc(O)cc1.CCCCc1ccc(-c2ccc(O)cc2)cc1.CCC[CH]CCC.CCCc1ccc(O)cc1.CCc1ccc(O)cc1.Cc1cc(O)cc(C)c1Cl.Cc1ccc(C)c(O)c1.Cc1ccc(O)c(C)c1.Cc1ccc(O)cc1.Cc1ccc(O)cc1C.Cc1cccc(C)c1O.Cc1cccc(O)c1.Cc1ccccc1O. The first kappa shape index (κ1) is 134. The third-order valence-corrected chi connectivity index (χ3v) is 24.4. The molecule has 0 aromatic heterocycles. The summed E-state index contributed by atoms with van der Waals surface area (Å²) >= 11 is 5.84. The zero-order chi connectivity index (χ0) is 112. The summed E-state index contributed by atoms with van der Waals surface area (Å²) in [6.45, 7) is 47.0. The van der Waals surface area contributed by atoms with E-state index in [2.05, 4.69) is 99.9 Å². The molecule has 0 spiro atoms. The number of benzene rings is 15. The van der Waals surface area contributed by atoms with E-state index in [0.29, 0.717) is 74.7 Å². The van der Waals surface area contributed by atoms with Crippen LogP contribution in [0, 0.1) is 96.4 Å². The number of phenols is 14. The molecular formula is C135H178ClO14. The number of phenolic OH excluding ortho intramolecular Hbond substituents is 14. The standard InChI is InChI=1S/C16H18O.C12H18O.2C11H16O.C9H12O.C8H9ClO.5C8H10O.3C7H8O.C7H15/c1-2-3-4-13-5-7-14(8-6-13)15-9-11-16(17)12-10-15;1-2-3-4-5-6-11-7-9-12(13)10-8-11;1-4-11(2,3)9-5-7-10(12)8-6-9;1-2-3-4-5-10-6-8-11(12)9-7-10;1-2-3-8-4-6-9(10)7-5-8;1-5-3-7(10)4-6(2)8(5)9;1-6-3-4-8(9)5-7(6)2;1-6-3-4-8(9)7(2)5-6;1-6-3-4-7(2)8(9)5-6;1-6-4-3-5-7(2)8(6)9;1-2-7-3-5-8(9)6-4-7;1-6-2-4-7(8)5-3-6;1-6-3-2-4-7(8)5-6;1-6-4-2-3-5-7(6)8;1-3-5-7-6-4-2/h5-12,17H,2-4H2,1H3;7-10,13H,2-6H2,1H3;5-8,12H,4H2,1-3H3;6-9,12H,2-5H2,1H3;4-7,10H,2-3H2,1H3;3-4,10H,1-2H3;4*3-5,9H,1-2H3;3-6,9H,2H2,1H3;3*2-5,8H,1H3;7H,3-6H2,1-2H3. The van der Waals surface area contributed by atoms with Crippen LogP contribution < -0.4 is 0 Å². The van der Waals surface area contributed by atoms with Crippen molar-refractivity contribution >= 4 is 11.6 Å². The lowest BCUT2D eigenvalue weighted by atomic mass is 9.82. The van der Waals surface area contributed by atoms with Gasteiger partial charge < -0.3 is 71.5 Å². The van der Waals surface area contributed by atoms with Crippen molar-refractivity contribution < 1.29 is 71.5 Å². The molecule has 15 heteroatoms. The molecule has 0 saturated carbocycles. The predicted molar refractivity (Wildman–Crippen MR) is 636 cm³/mol. The summed E-state index contributed by atoms with van der Waals surface area (Å²) in [7, 11) is 0. The topological polar surface area (TPSA) is 283 Å². The minimum absolute atomic E-state index is 0.216. The molecule has 0 aliphatic heterocycles. The largest absolute Gasteiger partial charge is 0.508 e. The normalized spacial score (nSPS) is 9.87. The molecule has 0 heterocycles. The highest BCUT2D eigenvalue weighted by Gasteiger charge is 2.17. The molecule has 15 aromatic rings. The minimum atomic E-state index is 0.216. The second-order valence-electron chi connectivity index (χ2n) is 38.0. The van der Waals surface area contributed by atoms with Crippen LogP contribution in [-0.4, -0.2) is 71.5 Å². The number of hydrogen-bond acceptors (Lipinski definition) is 14. The summed E-state index contributed by atoms with van der Waals surface area (Å²) in [5.74, 6) is 4.89. The first-order chi connectivity index (χ1) is 71.4. The van der Waals surface area contributed by atoms with Gasteiger partial charge in [0.15, 0.2) is 0 Å². The Morgan fingerprint density at radius 1 is 0.220 bits per heavy atom. The fraction of sp³-hybridized carbons (Fsp3) is 0.326. The van der Waals surface area contributed by atoms with E-state index in [0.717, 1.165) is 111 Å². The van der Waals surface area contributed by atoms with Crippen molar-refractivity contribution in [2.24, 2.45) is 0 Å². The molecule has 0 atom stereocenters. The van der Waals surface area contributed by atoms with Crippen LogP contribution in [0.25, 0.3) is 11.1 Å². The average Bonchev–Trinajstić information content (AvgIpc) is 0.850. The Kier molecular flexibility index (Phi) is 70.4. The van der Waals surface area contributed by atoms with Crippen LogP contribution >= 0.6 is 11.6 Å². The Balaban J connectivity index is 0.000000808. The highest BCUT2D eigenvalue weighted by molar-refractivity contribution is 6.32. The molecule has 0 unspecified atom stereocenters. The van der Waals surface area contributed by atoms with Gasteiger partial charge in [0.05, 0.1) is 0 Å². The Labute approximate surface area is 906 Å². The first-order valence-electron chi connectivity index (χ1n) is 52.7. The lowest BCUT2D eigenvalue weighted by Gasteiger charge is -2.22. The van der Waals surface area contributed by atoms with Gasteiger partial charge in [-0.3, -0.25) is 0 Å². The summed E-state index contributed by atoms with van der Waals surface area (Å²) in [5.41, 5.74) is 23.8. The van der Waals surface area contributed by atoms with Gasteiger partial charge in [-0.25, -0.2) is 0 Å². The van der Waals surface area contributed by atoms with E-state index in [9.17, 15) is 10.2 Å². The number of aryl methyl sites for hydroxylation is 18. The summed E-state index contributed by atoms with van der Waals surface area (Å²) in [5, 5.41) is 127. The lowest BCUT2D eigenvalue weighted by Crippen LogP contribution is -2.14. The van der Waals surface area contributed by atoms with Crippen LogP contribution in [0.5, 0.6) is 80.5 Å². The Hall–Kier alpha value is -14.2. The monoisotopic (exact) mass is 2060 g/mol. The van der Waals surface area contributed by atoms with Crippen LogP contribution in [0.2, 0.25) is 5.02 Å². The number of aromatic hydroxyl groups is 14. The van der Waals surface area contributed by atoms with Crippen molar-refractivity contribution in [2.75, 3.05) is 0 Å². The van der Waals surface area contributed by atoms with E-state index in [4.69, 9.17) is 72.9 Å². The number of hydrogen-bond donors (Lipinski definition) is 14. The van der Waals surface area contributed by atoms with Crippen molar-refractivity contribution in [1.29, 1.82) is 0 Å². The van der Waals surface area contributed by atoms with Crippen LogP contribution in [0.4, 0.5) is 0 Å². The number of unbranched alkanes of at least 4 members (excludes halogenated alkanes) is 10. The molecule has 14 nitrogen and oxygen atoms in total. The molecule has 15 rings (SSSR count). The molecule has 14 N–H and O–H groups in total. The van der Waals surface area contributed by atoms with Gasteiger partial charge in [-0.15, -0.1) is 0 Å². The third kappa shape index (κ3) is 63.5. The second kappa shape index (κ2) is 79.0. The summed E-state index contributed by atoms with van der Waals surface area (Å²) in [6, 6.07) is 100. The second-order valence-corrected chi connectivity index (χ2v) is 38.4. The van der Waals surface area contributed by atoms with Gasteiger partial charge in [0, 0.05) is 5.02 Å². The maximum Gasteiger partial charge on any atom is 0.121 e. The first-order valence-corrected chi connectivity index (χ1v) is 53.1. The van der Waals surface area contributed by atoms with Gasteiger partial charge >= 0.3 is 0 Å². The van der Waals surface area contributed by atoms with E-state index in [1.165, 1.54) is 139 Å². The van der Waals surface area contributed by atoms with E-state index in [1.807, 2.05) is 254 Å². The molecule has 0 aliphatic carbocycles. The average molecular weight is 2060 g/mol. The molecule has 15 aromatic carbocycles. The molecule has 0 aliphatic rings. The molecule has 809 valence electrons. The molecule has 0 saturated heterocycles. The minimum Gasteiger partial charge on any atom is -0.508 e. The van der Waals surface area contributed by atoms with E-state index in [1.54, 1.807) is 140 Å². The molecule has 1 radical (unpaired) electrons. The maximum absolute atomic E-state index is 9.24. The highest BCUT2D eigenvalue weighted by Crippen LogP contribution is 2.31. The number of halogens is 1. The van der Waals surface area contributed by atoms with Gasteiger partial charge in [-0.2, -0.15) is 0 Å². The molecule has 0 amide bonds. The predicted octanol–water partition coefficient (Wildman–Crippen LogP) is 37.0. The summed E-state index contributed by atoms with van der Waals surface area (Å²) < 4.78 is 0. The van der Waals surface area contributed by atoms with Crippen molar-refractivity contribution in [3.05, 3.63) is 445 Å². The Morgan fingerprint density at radius 2 is 0.553 bits per heavy atom. The van der Waals surface area contributed by atoms with E-state index < -0.39 is 0 Å². The molecule has 0 bridgehead atoms. The van der Waals surface area contributed by atoms with Gasteiger partial charge in [0.1, 0.15) is 80.5 Å². The van der Waals surface area contributed by atoms with Crippen molar-refractivity contribution in [3.63, 3.8) is 0 Å². The van der Waals surface area contributed by atoms with Gasteiger partial charge in [0.25, 0.3) is 0 Å². The van der Waals surface area contributed by atoms with Crippen LogP contribution in [0.3, 0.4) is 0 Å². The molecule has 150 heavy (non-hydrogen) atoms. The quantitative estimate of drug-likeness (QED) is 0.0281. The van der Waals surface area contributed by atoms with Crippen molar-refractivity contribution in [1.82, 2.24) is 0 Å². The Bertz CT molecular complexity index is 5800.